The third-order valence-electron chi connectivity index (χ3n) is 2.18. The van der Waals surface area contributed by atoms with Gasteiger partial charge >= 0.3 is 0 Å². The SMILES string of the molecule is CC(C)COCC(CF)C(C)(C)C. The molecule has 0 amide bonds. The first-order valence-corrected chi connectivity index (χ1v) is 5.01. The smallest absolute Gasteiger partial charge is 0.0949 e. The predicted molar refractivity (Wildman–Crippen MR) is 54.6 cm³/mol. The molecule has 0 aromatic rings. The molecule has 0 aliphatic rings. The molecule has 0 radical (unpaired) electrons. The molecule has 80 valence electrons. The van der Waals surface area contributed by atoms with Crippen LogP contribution < -0.4 is 0 Å². The van der Waals surface area contributed by atoms with Crippen LogP contribution in [0.25, 0.3) is 0 Å². The van der Waals surface area contributed by atoms with Crippen LogP contribution in [0.2, 0.25) is 0 Å². The highest BCUT2D eigenvalue weighted by atomic mass is 19.1. The number of ether oxygens (including phenoxy) is 1. The van der Waals surface area contributed by atoms with E-state index in [1.807, 2.05) is 0 Å². The second-order valence-corrected chi connectivity index (χ2v) is 5.15. The van der Waals surface area contributed by atoms with Gasteiger partial charge in [-0.2, -0.15) is 0 Å². The molecule has 0 N–H and O–H groups in total. The van der Waals surface area contributed by atoms with Gasteiger partial charge in [0.25, 0.3) is 0 Å². The molecule has 1 nitrogen and oxygen atoms in total. The number of hydrogen-bond acceptors (Lipinski definition) is 1. The lowest BCUT2D eigenvalue weighted by Crippen LogP contribution is -2.27. The van der Waals surface area contributed by atoms with Crippen molar-refractivity contribution in [3.05, 3.63) is 0 Å². The molecular weight excluding hydrogens is 167 g/mol. The van der Waals surface area contributed by atoms with Gasteiger partial charge in [0.15, 0.2) is 0 Å². The Labute approximate surface area is 81.7 Å². The Balaban J connectivity index is 3.73. The average molecular weight is 190 g/mol. The lowest BCUT2D eigenvalue weighted by Gasteiger charge is -2.28. The number of halogens is 1. The van der Waals surface area contributed by atoms with Gasteiger partial charge in [-0.15, -0.1) is 0 Å². The van der Waals surface area contributed by atoms with E-state index in [1.54, 1.807) is 0 Å². The van der Waals surface area contributed by atoms with Crippen molar-refractivity contribution in [3.63, 3.8) is 0 Å². The van der Waals surface area contributed by atoms with Crippen molar-refractivity contribution < 1.29 is 9.13 Å². The predicted octanol–water partition coefficient (Wildman–Crippen LogP) is 3.29. The molecule has 2 heteroatoms. The Morgan fingerprint density at radius 2 is 1.69 bits per heavy atom. The molecule has 0 aromatic carbocycles. The molecule has 0 aromatic heterocycles. The lowest BCUT2D eigenvalue weighted by atomic mass is 9.82. The Morgan fingerprint density at radius 1 is 1.15 bits per heavy atom. The monoisotopic (exact) mass is 190 g/mol. The molecule has 1 atom stereocenters. The van der Waals surface area contributed by atoms with E-state index in [-0.39, 0.29) is 18.0 Å². The molecule has 1 unspecified atom stereocenters. The summed E-state index contributed by atoms with van der Waals surface area (Å²) >= 11 is 0. The van der Waals surface area contributed by atoms with Crippen molar-refractivity contribution in [3.8, 4) is 0 Å². The summed E-state index contributed by atoms with van der Waals surface area (Å²) < 4.78 is 18.0. The van der Waals surface area contributed by atoms with Crippen molar-refractivity contribution in [2.45, 2.75) is 34.6 Å². The molecular formula is C11H23FO. The molecule has 13 heavy (non-hydrogen) atoms. The Kier molecular flexibility index (Phi) is 5.54. The van der Waals surface area contributed by atoms with Crippen molar-refractivity contribution in [1.29, 1.82) is 0 Å². The maximum Gasteiger partial charge on any atom is 0.0949 e. The first-order chi connectivity index (χ1) is 5.88. The fourth-order valence-corrected chi connectivity index (χ4v) is 0.972. The van der Waals surface area contributed by atoms with Crippen LogP contribution in [0.5, 0.6) is 0 Å². The van der Waals surface area contributed by atoms with Gasteiger partial charge in [-0.05, 0) is 11.3 Å². The lowest BCUT2D eigenvalue weighted by molar-refractivity contribution is 0.0308. The van der Waals surface area contributed by atoms with Gasteiger partial charge in [-0.25, -0.2) is 0 Å². The molecule has 0 fully saturated rings. The van der Waals surface area contributed by atoms with E-state index in [1.165, 1.54) is 0 Å². The first-order valence-electron chi connectivity index (χ1n) is 5.01. The number of alkyl halides is 1. The summed E-state index contributed by atoms with van der Waals surface area (Å²) in [7, 11) is 0. The van der Waals surface area contributed by atoms with E-state index in [4.69, 9.17) is 4.74 Å². The fraction of sp³-hybridized carbons (Fsp3) is 1.00. The normalized spacial score (nSPS) is 15.0. The zero-order valence-electron chi connectivity index (χ0n) is 9.56. The summed E-state index contributed by atoms with van der Waals surface area (Å²) in [5.41, 5.74) is 0.00568. The van der Waals surface area contributed by atoms with E-state index in [0.717, 1.165) is 6.61 Å². The van der Waals surface area contributed by atoms with Gasteiger partial charge in [0.1, 0.15) is 0 Å². The molecule has 0 bridgehead atoms. The van der Waals surface area contributed by atoms with Gasteiger partial charge < -0.3 is 4.74 Å². The molecule has 0 aliphatic heterocycles. The molecule has 0 spiro atoms. The van der Waals surface area contributed by atoms with Gasteiger partial charge in [0.05, 0.1) is 13.3 Å². The van der Waals surface area contributed by atoms with E-state index >= 15 is 0 Å². The summed E-state index contributed by atoms with van der Waals surface area (Å²) in [5, 5.41) is 0. The zero-order valence-corrected chi connectivity index (χ0v) is 9.56. The second kappa shape index (κ2) is 5.58. The minimum Gasteiger partial charge on any atom is -0.381 e. The summed E-state index contributed by atoms with van der Waals surface area (Å²) in [5.74, 6) is 0.548. The van der Waals surface area contributed by atoms with Gasteiger partial charge in [-0.3, -0.25) is 4.39 Å². The van der Waals surface area contributed by atoms with Crippen LogP contribution in [-0.4, -0.2) is 19.9 Å². The first kappa shape index (κ1) is 12.9. The van der Waals surface area contributed by atoms with E-state index in [2.05, 4.69) is 34.6 Å². The quantitative estimate of drug-likeness (QED) is 0.646. The van der Waals surface area contributed by atoms with Crippen LogP contribution in [0.15, 0.2) is 0 Å². The van der Waals surface area contributed by atoms with Crippen LogP contribution in [0, 0.1) is 17.3 Å². The third-order valence-corrected chi connectivity index (χ3v) is 2.18. The maximum atomic E-state index is 12.6. The second-order valence-electron chi connectivity index (χ2n) is 5.15. The molecule has 0 saturated carbocycles. The van der Waals surface area contributed by atoms with Gasteiger partial charge in [0.2, 0.25) is 0 Å². The van der Waals surface area contributed by atoms with Crippen molar-refractivity contribution in [1.82, 2.24) is 0 Å². The highest BCUT2D eigenvalue weighted by molar-refractivity contribution is 4.72. The van der Waals surface area contributed by atoms with Crippen LogP contribution in [0.1, 0.15) is 34.6 Å². The third kappa shape index (κ3) is 6.03. The van der Waals surface area contributed by atoms with E-state index in [0.29, 0.717) is 12.5 Å². The molecule has 0 aliphatic carbocycles. The van der Waals surface area contributed by atoms with E-state index in [9.17, 15) is 4.39 Å². The van der Waals surface area contributed by atoms with Gasteiger partial charge in [0, 0.05) is 12.5 Å². The van der Waals surface area contributed by atoms with Gasteiger partial charge in [-0.1, -0.05) is 34.6 Å². The number of rotatable bonds is 5. The van der Waals surface area contributed by atoms with Crippen LogP contribution in [0.3, 0.4) is 0 Å². The van der Waals surface area contributed by atoms with Crippen molar-refractivity contribution >= 4 is 0 Å². The Bertz CT molecular complexity index is 127. The van der Waals surface area contributed by atoms with Crippen LogP contribution >= 0.6 is 0 Å². The molecule has 0 saturated heterocycles. The topological polar surface area (TPSA) is 9.23 Å². The van der Waals surface area contributed by atoms with Crippen molar-refractivity contribution in [2.24, 2.45) is 17.3 Å². The van der Waals surface area contributed by atoms with Crippen LogP contribution in [-0.2, 0) is 4.74 Å². The largest absolute Gasteiger partial charge is 0.381 e. The maximum absolute atomic E-state index is 12.6. The number of hydrogen-bond donors (Lipinski definition) is 0. The average Bonchev–Trinajstić information content (AvgIpc) is 1.95. The highest BCUT2D eigenvalue weighted by Gasteiger charge is 2.24. The Morgan fingerprint density at radius 3 is 2.00 bits per heavy atom. The Hall–Kier alpha value is -0.110. The summed E-state index contributed by atoms with van der Waals surface area (Å²) in [6.07, 6.45) is 0. The van der Waals surface area contributed by atoms with Crippen molar-refractivity contribution in [2.75, 3.05) is 19.9 Å². The fourth-order valence-electron chi connectivity index (χ4n) is 0.972. The molecule has 0 heterocycles. The highest BCUT2D eigenvalue weighted by Crippen LogP contribution is 2.26. The minimum absolute atomic E-state index is 0.00568. The molecule has 0 rings (SSSR count). The van der Waals surface area contributed by atoms with Crippen LogP contribution in [0.4, 0.5) is 4.39 Å². The van der Waals surface area contributed by atoms with E-state index < -0.39 is 0 Å². The summed E-state index contributed by atoms with van der Waals surface area (Å²) in [4.78, 5) is 0. The minimum atomic E-state index is -0.290. The summed E-state index contributed by atoms with van der Waals surface area (Å²) in [6, 6.07) is 0. The summed E-state index contributed by atoms with van der Waals surface area (Å²) in [6.45, 7) is 11.3. The standard InChI is InChI=1S/C11H23FO/c1-9(2)7-13-8-10(6-12)11(3,4)5/h9-10H,6-8H2,1-5H3. The zero-order chi connectivity index (χ0) is 10.5.